The molecule has 12 heteroatoms. The third-order valence-corrected chi connectivity index (χ3v) is 8.89. The van der Waals surface area contributed by atoms with Crippen molar-refractivity contribution in [3.8, 4) is 22.8 Å². The van der Waals surface area contributed by atoms with Gasteiger partial charge in [-0.25, -0.2) is 14.5 Å². The number of aromatic nitrogens is 3. The Morgan fingerprint density at radius 1 is 1.11 bits per heavy atom. The van der Waals surface area contributed by atoms with Gasteiger partial charge < -0.3 is 15.0 Å². The van der Waals surface area contributed by atoms with Gasteiger partial charge in [0.1, 0.15) is 12.1 Å². The van der Waals surface area contributed by atoms with E-state index < -0.39 is 6.36 Å². The number of nitrogens with zero attached hydrogens (tertiary/aromatic N) is 5. The van der Waals surface area contributed by atoms with Crippen LogP contribution in [0.4, 0.5) is 23.7 Å². The number of halogens is 3. The largest absolute Gasteiger partial charge is 0.573 e. The van der Waals surface area contributed by atoms with Crippen molar-refractivity contribution < 1.29 is 22.7 Å². The Bertz CT molecular complexity index is 1690. The normalized spacial score (nSPS) is 16.7. The zero-order valence-corrected chi connectivity index (χ0v) is 27.7. The second-order valence-corrected chi connectivity index (χ2v) is 12.8. The number of hydrogen-bond acceptors (Lipinski definition) is 5. The van der Waals surface area contributed by atoms with Crippen LogP contribution in [-0.4, -0.2) is 50.2 Å². The molecule has 0 spiro atoms. The molecular formula is C35H39F3N6O2S. The molecule has 1 aliphatic rings. The zero-order chi connectivity index (χ0) is 33.6. The highest BCUT2D eigenvalue weighted by Crippen LogP contribution is 2.33. The molecule has 2 unspecified atom stereocenters. The van der Waals surface area contributed by atoms with Gasteiger partial charge in [0.2, 0.25) is 0 Å². The van der Waals surface area contributed by atoms with Crippen LogP contribution in [0, 0.1) is 6.92 Å². The second kappa shape index (κ2) is 15.1. The summed E-state index contributed by atoms with van der Waals surface area (Å²) in [7, 11) is 0. The van der Waals surface area contributed by atoms with Gasteiger partial charge in [0.25, 0.3) is 0 Å². The lowest BCUT2D eigenvalue weighted by Crippen LogP contribution is -2.43. The van der Waals surface area contributed by atoms with Crippen molar-refractivity contribution in [1.29, 1.82) is 0 Å². The predicted octanol–water partition coefficient (Wildman–Crippen LogP) is 8.51. The third kappa shape index (κ3) is 9.15. The van der Waals surface area contributed by atoms with Gasteiger partial charge in [-0.1, -0.05) is 61.5 Å². The summed E-state index contributed by atoms with van der Waals surface area (Å²) in [5.41, 5.74) is 6.07. The molecule has 3 aromatic carbocycles. The van der Waals surface area contributed by atoms with E-state index in [1.54, 1.807) is 11.8 Å². The second-order valence-electron chi connectivity index (χ2n) is 11.8. The van der Waals surface area contributed by atoms with Crippen molar-refractivity contribution in [3.63, 3.8) is 0 Å². The quantitative estimate of drug-likeness (QED) is 0.183. The Hall–Kier alpha value is -4.32. The van der Waals surface area contributed by atoms with E-state index in [4.69, 9.17) is 0 Å². The van der Waals surface area contributed by atoms with Crippen LogP contribution in [0.15, 0.2) is 78.0 Å². The summed E-state index contributed by atoms with van der Waals surface area (Å²) >= 11 is 1.63. The van der Waals surface area contributed by atoms with Gasteiger partial charge in [-0.15, -0.1) is 18.3 Å². The average molecular weight is 665 g/mol. The molecule has 4 aromatic rings. The first kappa shape index (κ1) is 34.0. The summed E-state index contributed by atoms with van der Waals surface area (Å²) in [4.78, 5) is 24.2. The predicted molar refractivity (Wildman–Crippen MR) is 181 cm³/mol. The summed E-state index contributed by atoms with van der Waals surface area (Å²) < 4.78 is 42.7. The molecule has 5 rings (SSSR count). The molecule has 1 N–H and O–H groups in total. The van der Waals surface area contributed by atoms with Crippen LogP contribution in [0.5, 0.6) is 5.75 Å². The van der Waals surface area contributed by atoms with Crippen molar-refractivity contribution in [1.82, 2.24) is 20.1 Å². The molecule has 0 radical (unpaired) electrons. The number of ether oxygens (including phenoxy) is 1. The molecule has 248 valence electrons. The monoisotopic (exact) mass is 664 g/mol. The molecule has 1 fully saturated rings. The number of aliphatic imine (C=N–C) groups is 1. The van der Waals surface area contributed by atoms with Gasteiger partial charge in [-0.3, -0.25) is 0 Å². The maximum absolute atomic E-state index is 13.1. The van der Waals surface area contributed by atoms with Crippen molar-refractivity contribution >= 4 is 28.6 Å². The summed E-state index contributed by atoms with van der Waals surface area (Å²) in [5.74, 6) is 1.11. The molecule has 1 aliphatic heterocycles. The van der Waals surface area contributed by atoms with Crippen LogP contribution in [0.2, 0.25) is 0 Å². The van der Waals surface area contributed by atoms with Crippen molar-refractivity contribution in [3.05, 3.63) is 89.7 Å². The molecule has 0 saturated carbocycles. The average Bonchev–Trinajstić information content (AvgIpc) is 3.52. The molecule has 1 aromatic heterocycles. The number of amides is 2. The van der Waals surface area contributed by atoms with E-state index in [-0.39, 0.29) is 23.9 Å². The number of rotatable bonds is 10. The van der Waals surface area contributed by atoms with E-state index in [0.29, 0.717) is 11.5 Å². The lowest BCUT2D eigenvalue weighted by Gasteiger charge is -2.37. The number of urea groups is 1. The highest BCUT2D eigenvalue weighted by Gasteiger charge is 2.31. The van der Waals surface area contributed by atoms with E-state index in [0.717, 1.165) is 59.8 Å². The SMILES string of the molecule is CCCc1ccc(C)cc1N1C(=NC(=O)NC(C)CCc2ccc(-c3ncn(-c4ccc(OC(F)(F)F)cc4)n3)cc2)SCCC1C. The highest BCUT2D eigenvalue weighted by molar-refractivity contribution is 8.14. The fraction of sp³-hybridized carbons (Fsp3) is 0.371. The van der Waals surface area contributed by atoms with E-state index in [9.17, 15) is 18.0 Å². The number of hydrogen-bond donors (Lipinski definition) is 1. The topological polar surface area (TPSA) is 84.6 Å². The maximum Gasteiger partial charge on any atom is 0.573 e. The van der Waals surface area contributed by atoms with Crippen LogP contribution in [0.25, 0.3) is 17.1 Å². The van der Waals surface area contributed by atoms with Crippen molar-refractivity contribution in [2.24, 2.45) is 4.99 Å². The smallest absolute Gasteiger partial charge is 0.406 e. The number of carbonyl (C=O) groups excluding carboxylic acids is 1. The number of amidine groups is 1. The van der Waals surface area contributed by atoms with E-state index >= 15 is 0 Å². The minimum atomic E-state index is -4.74. The number of carbonyl (C=O) groups is 1. The van der Waals surface area contributed by atoms with E-state index in [1.165, 1.54) is 46.4 Å². The Morgan fingerprint density at radius 2 is 1.85 bits per heavy atom. The first-order chi connectivity index (χ1) is 22.5. The molecule has 2 heterocycles. The standard InChI is InChI=1S/C35H39F3N6O2S/c1-5-6-27-12-7-23(2)21-31(27)44-25(4)19-20-47-34(44)41-33(45)40-24(3)8-9-26-10-13-28(14-11-26)32-39-22-43(42-32)29-15-17-30(18-16-29)46-35(36,37)38/h7,10-18,21-22,24-25H,5-6,8-9,19-20H2,1-4H3,(H,40,45). The van der Waals surface area contributed by atoms with Gasteiger partial charge in [-0.05, 0) is 93.5 Å². The number of anilines is 1. The number of aryl methyl sites for hydroxylation is 3. The fourth-order valence-corrected chi connectivity index (χ4v) is 6.65. The summed E-state index contributed by atoms with van der Waals surface area (Å²) in [6.07, 6.45) is 1.30. The molecule has 8 nitrogen and oxygen atoms in total. The third-order valence-electron chi connectivity index (χ3n) is 7.91. The lowest BCUT2D eigenvalue weighted by atomic mass is 10.0. The zero-order valence-electron chi connectivity index (χ0n) is 26.9. The van der Waals surface area contributed by atoms with Crippen LogP contribution >= 0.6 is 11.8 Å². The number of benzene rings is 3. The molecule has 1 saturated heterocycles. The van der Waals surface area contributed by atoms with Crippen LogP contribution < -0.4 is 15.0 Å². The molecule has 47 heavy (non-hydrogen) atoms. The van der Waals surface area contributed by atoms with E-state index in [2.05, 4.69) is 69.0 Å². The van der Waals surface area contributed by atoms with Crippen LogP contribution in [-0.2, 0) is 12.8 Å². The summed E-state index contributed by atoms with van der Waals surface area (Å²) in [6, 6.07) is 19.7. The molecular weight excluding hydrogens is 625 g/mol. The van der Waals surface area contributed by atoms with Gasteiger partial charge >= 0.3 is 12.4 Å². The molecule has 0 aliphatic carbocycles. The maximum atomic E-state index is 13.1. The number of thioether (sulfide) groups is 1. The number of nitrogens with one attached hydrogen (secondary N) is 1. The Kier molecular flexibility index (Phi) is 10.9. The highest BCUT2D eigenvalue weighted by atomic mass is 32.2. The van der Waals surface area contributed by atoms with Crippen molar-refractivity contribution in [2.45, 2.75) is 78.2 Å². The van der Waals surface area contributed by atoms with Gasteiger partial charge in [0.15, 0.2) is 11.0 Å². The molecule has 2 amide bonds. The Labute approximate surface area is 277 Å². The van der Waals surface area contributed by atoms with Crippen molar-refractivity contribution in [2.75, 3.05) is 10.7 Å². The molecule has 2 atom stereocenters. The molecule has 0 bridgehead atoms. The van der Waals surface area contributed by atoms with Gasteiger partial charge in [0.05, 0.1) is 5.69 Å². The lowest BCUT2D eigenvalue weighted by molar-refractivity contribution is -0.274. The Balaban J connectivity index is 1.17. The van der Waals surface area contributed by atoms with Crippen LogP contribution in [0.1, 0.15) is 56.7 Å². The first-order valence-electron chi connectivity index (χ1n) is 15.8. The fourth-order valence-electron chi connectivity index (χ4n) is 5.44. The minimum Gasteiger partial charge on any atom is -0.406 e. The van der Waals surface area contributed by atoms with Gasteiger partial charge in [0, 0.05) is 29.1 Å². The minimum absolute atomic E-state index is 0.0779. The van der Waals surface area contributed by atoms with E-state index in [1.807, 2.05) is 31.2 Å². The van der Waals surface area contributed by atoms with Gasteiger partial charge in [-0.2, -0.15) is 4.99 Å². The summed E-state index contributed by atoms with van der Waals surface area (Å²) in [6.45, 7) is 8.45. The summed E-state index contributed by atoms with van der Waals surface area (Å²) in [5, 5.41) is 8.26. The first-order valence-corrected chi connectivity index (χ1v) is 16.8. The van der Waals surface area contributed by atoms with Crippen LogP contribution in [0.3, 0.4) is 0 Å². The Morgan fingerprint density at radius 3 is 2.55 bits per heavy atom. The number of alkyl halides is 3.